The zero-order valence-corrected chi connectivity index (χ0v) is 9.55. The number of halogens is 3. The Bertz CT molecular complexity index is 644. The van der Waals surface area contributed by atoms with Crippen molar-refractivity contribution in [1.82, 2.24) is 14.5 Å². The Morgan fingerprint density at radius 3 is 2.72 bits per heavy atom. The first-order chi connectivity index (χ1) is 8.41. The van der Waals surface area contributed by atoms with Crippen molar-refractivity contribution in [2.45, 2.75) is 6.18 Å². The Morgan fingerprint density at radius 1 is 1.44 bits per heavy atom. The molecule has 2 aromatic heterocycles. The average molecular weight is 273 g/mol. The van der Waals surface area contributed by atoms with Gasteiger partial charge in [0.05, 0.1) is 11.1 Å². The van der Waals surface area contributed by atoms with Gasteiger partial charge in [0.1, 0.15) is 0 Å². The van der Waals surface area contributed by atoms with Crippen LogP contribution in [0.4, 0.5) is 13.2 Å². The average Bonchev–Trinajstić information content (AvgIpc) is 2.73. The van der Waals surface area contributed by atoms with Gasteiger partial charge in [0.25, 0.3) is 5.91 Å². The predicted molar refractivity (Wildman–Crippen MR) is 58.6 cm³/mol. The number of alkyl halides is 3. The van der Waals surface area contributed by atoms with E-state index < -0.39 is 23.2 Å². The number of aromatic nitrogens is 3. The summed E-state index contributed by atoms with van der Waals surface area (Å²) in [4.78, 5) is 18.0. The van der Waals surface area contributed by atoms with Gasteiger partial charge in [0, 0.05) is 24.8 Å². The number of pyridine rings is 1. The van der Waals surface area contributed by atoms with Crippen LogP contribution in [0.5, 0.6) is 0 Å². The summed E-state index contributed by atoms with van der Waals surface area (Å²) < 4.78 is 39.1. The summed E-state index contributed by atoms with van der Waals surface area (Å²) in [5, 5.41) is 0. The van der Waals surface area contributed by atoms with Crippen molar-refractivity contribution in [3.63, 3.8) is 0 Å². The van der Waals surface area contributed by atoms with Crippen LogP contribution >= 0.6 is 12.2 Å². The highest BCUT2D eigenvalue weighted by molar-refractivity contribution is 7.71. The first-order valence-corrected chi connectivity index (χ1v) is 5.14. The molecule has 0 radical (unpaired) electrons. The molecule has 0 unspecified atom stereocenters. The molecule has 94 valence electrons. The molecule has 0 atom stereocenters. The molecule has 0 aliphatic carbocycles. The zero-order valence-electron chi connectivity index (χ0n) is 8.73. The van der Waals surface area contributed by atoms with Gasteiger partial charge in [0.15, 0.2) is 4.77 Å². The Balaban J connectivity index is 2.56. The van der Waals surface area contributed by atoms with Gasteiger partial charge in [0.2, 0.25) is 0 Å². The fourth-order valence-corrected chi connectivity index (χ4v) is 1.63. The molecule has 0 fully saturated rings. The maximum atomic E-state index is 12.7. The quantitative estimate of drug-likeness (QED) is 0.813. The zero-order chi connectivity index (χ0) is 13.3. The Hall–Kier alpha value is -1.96. The van der Waals surface area contributed by atoms with Gasteiger partial charge in [-0.1, -0.05) is 0 Å². The standard InChI is InChI=1S/C10H6F3N3OS/c11-10(12,13)7-1-2-14-5-6(7)8(17)16-4-3-15-9(16)18/h1-5H,(H,15,18). The van der Waals surface area contributed by atoms with Crippen LogP contribution in [0.3, 0.4) is 0 Å². The van der Waals surface area contributed by atoms with Gasteiger partial charge in [-0.2, -0.15) is 13.2 Å². The molecule has 2 heterocycles. The molecule has 0 bridgehead atoms. The van der Waals surface area contributed by atoms with Gasteiger partial charge < -0.3 is 4.98 Å². The van der Waals surface area contributed by atoms with Crippen LogP contribution in [0.2, 0.25) is 0 Å². The second-order valence-electron chi connectivity index (χ2n) is 3.36. The molecule has 0 saturated heterocycles. The molecule has 0 aromatic carbocycles. The van der Waals surface area contributed by atoms with E-state index in [2.05, 4.69) is 9.97 Å². The molecule has 0 saturated carbocycles. The van der Waals surface area contributed by atoms with E-state index in [0.717, 1.165) is 23.0 Å². The summed E-state index contributed by atoms with van der Waals surface area (Å²) in [6.07, 6.45) is -0.135. The highest BCUT2D eigenvalue weighted by Gasteiger charge is 2.35. The topological polar surface area (TPSA) is 50.7 Å². The van der Waals surface area contributed by atoms with Gasteiger partial charge in [-0.25, -0.2) is 0 Å². The maximum Gasteiger partial charge on any atom is 0.417 e. The molecule has 4 nitrogen and oxygen atoms in total. The Morgan fingerprint density at radius 2 is 2.17 bits per heavy atom. The smallest absolute Gasteiger partial charge is 0.337 e. The van der Waals surface area contributed by atoms with Crippen molar-refractivity contribution >= 4 is 18.1 Å². The normalized spacial score (nSPS) is 11.5. The van der Waals surface area contributed by atoms with Gasteiger partial charge in [-0.05, 0) is 18.3 Å². The fourth-order valence-electron chi connectivity index (χ4n) is 1.42. The van der Waals surface area contributed by atoms with Crippen LogP contribution in [-0.2, 0) is 6.18 Å². The monoisotopic (exact) mass is 273 g/mol. The van der Waals surface area contributed by atoms with E-state index in [9.17, 15) is 18.0 Å². The summed E-state index contributed by atoms with van der Waals surface area (Å²) in [7, 11) is 0. The van der Waals surface area contributed by atoms with E-state index in [0.29, 0.717) is 0 Å². The van der Waals surface area contributed by atoms with E-state index in [-0.39, 0.29) is 4.77 Å². The largest absolute Gasteiger partial charge is 0.417 e. The van der Waals surface area contributed by atoms with E-state index in [1.807, 2.05) is 0 Å². The van der Waals surface area contributed by atoms with Gasteiger partial charge in [-0.3, -0.25) is 14.3 Å². The minimum atomic E-state index is -4.62. The predicted octanol–water partition coefficient (Wildman–Crippen LogP) is 2.65. The molecule has 0 aliphatic heterocycles. The number of rotatable bonds is 1. The number of hydrogen-bond donors (Lipinski definition) is 1. The lowest BCUT2D eigenvalue weighted by molar-refractivity contribution is -0.138. The minimum Gasteiger partial charge on any atom is -0.337 e. The van der Waals surface area contributed by atoms with E-state index in [4.69, 9.17) is 12.2 Å². The number of hydrogen-bond acceptors (Lipinski definition) is 3. The summed E-state index contributed by atoms with van der Waals surface area (Å²) >= 11 is 4.78. The van der Waals surface area contributed by atoms with Crippen molar-refractivity contribution in [2.75, 3.05) is 0 Å². The van der Waals surface area contributed by atoms with Crippen molar-refractivity contribution in [2.24, 2.45) is 0 Å². The summed E-state index contributed by atoms with van der Waals surface area (Å²) in [6, 6.07) is 0.753. The van der Waals surface area contributed by atoms with Crippen LogP contribution in [0.15, 0.2) is 30.9 Å². The lowest BCUT2D eigenvalue weighted by Crippen LogP contribution is -2.18. The summed E-state index contributed by atoms with van der Waals surface area (Å²) in [5.41, 5.74) is -1.58. The molecule has 0 aliphatic rings. The third-order valence-electron chi connectivity index (χ3n) is 2.22. The second kappa shape index (κ2) is 4.37. The van der Waals surface area contributed by atoms with E-state index >= 15 is 0 Å². The first kappa shape index (κ1) is 12.5. The molecule has 0 spiro atoms. The highest BCUT2D eigenvalue weighted by atomic mass is 32.1. The lowest BCUT2D eigenvalue weighted by Gasteiger charge is -2.11. The molecule has 8 heteroatoms. The van der Waals surface area contributed by atoms with Crippen LogP contribution in [-0.4, -0.2) is 20.4 Å². The van der Waals surface area contributed by atoms with E-state index in [1.165, 1.54) is 12.4 Å². The number of imidazole rings is 1. The molecule has 0 amide bonds. The number of carbonyl (C=O) groups is 1. The molecule has 2 rings (SSSR count). The number of nitrogens with one attached hydrogen (secondary N) is 1. The van der Waals surface area contributed by atoms with Crippen LogP contribution in [0.25, 0.3) is 0 Å². The first-order valence-electron chi connectivity index (χ1n) is 4.73. The molecule has 1 N–H and O–H groups in total. The third-order valence-corrected chi connectivity index (χ3v) is 2.54. The SMILES string of the molecule is O=C(c1cnccc1C(F)(F)F)n1cc[nH]c1=S. The Labute approximate surface area is 104 Å². The number of nitrogens with zero attached hydrogens (tertiary/aromatic N) is 2. The van der Waals surface area contributed by atoms with Crippen molar-refractivity contribution in [3.8, 4) is 0 Å². The third kappa shape index (κ3) is 2.19. The molecule has 2 aromatic rings. The van der Waals surface area contributed by atoms with Crippen LogP contribution in [0.1, 0.15) is 15.9 Å². The van der Waals surface area contributed by atoms with Crippen LogP contribution < -0.4 is 0 Å². The van der Waals surface area contributed by atoms with Crippen molar-refractivity contribution < 1.29 is 18.0 Å². The summed E-state index contributed by atoms with van der Waals surface area (Å²) in [6.45, 7) is 0. The molecule has 18 heavy (non-hydrogen) atoms. The fraction of sp³-hybridized carbons (Fsp3) is 0.100. The molecular weight excluding hydrogens is 267 g/mol. The van der Waals surface area contributed by atoms with Crippen molar-refractivity contribution in [1.29, 1.82) is 0 Å². The lowest BCUT2D eigenvalue weighted by atomic mass is 10.1. The van der Waals surface area contributed by atoms with E-state index in [1.54, 1.807) is 0 Å². The number of carbonyl (C=O) groups excluding carboxylic acids is 1. The van der Waals surface area contributed by atoms with Crippen molar-refractivity contribution in [3.05, 3.63) is 46.8 Å². The number of H-pyrrole nitrogens is 1. The second-order valence-corrected chi connectivity index (χ2v) is 3.75. The van der Waals surface area contributed by atoms with Crippen LogP contribution in [0, 0.1) is 4.77 Å². The summed E-state index contributed by atoms with van der Waals surface area (Å²) in [5.74, 6) is -0.873. The van der Waals surface area contributed by atoms with Gasteiger partial charge in [-0.15, -0.1) is 0 Å². The Kier molecular flexibility index (Phi) is 3.04. The maximum absolute atomic E-state index is 12.7. The highest BCUT2D eigenvalue weighted by Crippen LogP contribution is 2.31. The van der Waals surface area contributed by atoms with Gasteiger partial charge >= 0.3 is 6.18 Å². The minimum absolute atomic E-state index is 0.0250. The number of aromatic amines is 1. The molecular formula is C10H6F3N3OS.